The van der Waals surface area contributed by atoms with Gasteiger partial charge in [-0.2, -0.15) is 0 Å². The second-order valence-corrected chi connectivity index (χ2v) is 8.62. The van der Waals surface area contributed by atoms with Crippen LogP contribution in [-0.2, 0) is 6.42 Å². The third kappa shape index (κ3) is 3.53. The average molecular weight is 469 g/mol. The monoisotopic (exact) mass is 468 g/mol. The van der Waals surface area contributed by atoms with E-state index in [1.165, 1.54) is 11.6 Å². The first-order chi connectivity index (χ1) is 16.6. The van der Waals surface area contributed by atoms with Gasteiger partial charge >= 0.3 is 0 Å². The fourth-order valence-corrected chi connectivity index (χ4v) is 4.64. The summed E-state index contributed by atoms with van der Waals surface area (Å²) in [5.41, 5.74) is 5.04. The Bertz CT molecular complexity index is 1560. The first kappa shape index (κ1) is 20.6. The quantitative estimate of drug-likeness (QED) is 0.325. The molecule has 0 atom stereocenters. The van der Waals surface area contributed by atoms with Crippen LogP contribution in [0.3, 0.4) is 0 Å². The summed E-state index contributed by atoms with van der Waals surface area (Å²) >= 11 is 6.22. The molecule has 0 aliphatic carbocycles. The van der Waals surface area contributed by atoms with E-state index in [9.17, 15) is 9.50 Å². The van der Waals surface area contributed by atoms with E-state index in [2.05, 4.69) is 9.88 Å². The van der Waals surface area contributed by atoms with Crippen molar-refractivity contribution in [3.63, 3.8) is 0 Å². The number of aromatic nitrogens is 3. The van der Waals surface area contributed by atoms with Crippen molar-refractivity contribution in [2.75, 3.05) is 11.4 Å². The van der Waals surface area contributed by atoms with Crippen molar-refractivity contribution < 1.29 is 9.50 Å². The second kappa shape index (κ2) is 8.08. The molecule has 5 nitrogen and oxygen atoms in total. The van der Waals surface area contributed by atoms with Crippen molar-refractivity contribution in [1.82, 2.24) is 15.0 Å². The smallest absolute Gasteiger partial charge is 0.163 e. The Morgan fingerprint density at radius 2 is 1.85 bits per heavy atom. The summed E-state index contributed by atoms with van der Waals surface area (Å²) in [5.74, 6) is 0.739. The molecule has 2 aromatic heterocycles. The topological polar surface area (TPSA) is 62.1 Å². The van der Waals surface area contributed by atoms with Crippen LogP contribution >= 0.6 is 11.6 Å². The molecule has 166 valence electrons. The van der Waals surface area contributed by atoms with E-state index in [1.54, 1.807) is 18.5 Å². The molecule has 0 bridgehead atoms. The first-order valence-electron chi connectivity index (χ1n) is 10.8. The van der Waals surface area contributed by atoms with Crippen molar-refractivity contribution >= 4 is 34.0 Å². The maximum Gasteiger partial charge on any atom is 0.163 e. The molecule has 0 saturated heterocycles. The molecule has 5 aromatic rings. The van der Waals surface area contributed by atoms with Crippen LogP contribution in [0, 0.1) is 5.82 Å². The highest BCUT2D eigenvalue weighted by atomic mass is 35.5. The largest absolute Gasteiger partial charge is 0.507 e. The highest BCUT2D eigenvalue weighted by molar-refractivity contribution is 6.30. The van der Waals surface area contributed by atoms with Crippen LogP contribution in [0.4, 0.5) is 15.9 Å². The van der Waals surface area contributed by atoms with Crippen molar-refractivity contribution in [1.29, 1.82) is 0 Å². The number of anilines is 2. The Balaban J connectivity index is 1.57. The Kier molecular flexibility index (Phi) is 4.89. The second-order valence-electron chi connectivity index (χ2n) is 8.18. The van der Waals surface area contributed by atoms with E-state index in [0.29, 0.717) is 21.9 Å². The summed E-state index contributed by atoms with van der Waals surface area (Å²) in [4.78, 5) is 16.2. The lowest BCUT2D eigenvalue weighted by Crippen LogP contribution is -2.16. The molecule has 3 aromatic carbocycles. The molecule has 0 unspecified atom stereocenters. The summed E-state index contributed by atoms with van der Waals surface area (Å²) in [7, 11) is 0. The minimum Gasteiger partial charge on any atom is -0.507 e. The normalized spacial score (nSPS) is 12.8. The van der Waals surface area contributed by atoms with Crippen LogP contribution in [0.1, 0.15) is 5.56 Å². The predicted octanol–water partition coefficient (Wildman–Crippen LogP) is 6.55. The molecule has 1 aliphatic rings. The number of aromatic hydroxyl groups is 1. The van der Waals surface area contributed by atoms with Crippen LogP contribution in [0.25, 0.3) is 33.4 Å². The van der Waals surface area contributed by atoms with Crippen LogP contribution in [-0.4, -0.2) is 26.6 Å². The number of benzene rings is 3. The van der Waals surface area contributed by atoms with Gasteiger partial charge in [-0.3, -0.25) is 4.98 Å². The molecule has 1 aliphatic heterocycles. The first-order valence-corrected chi connectivity index (χ1v) is 11.2. The Morgan fingerprint density at radius 3 is 2.68 bits per heavy atom. The number of hydrogen-bond acceptors (Lipinski definition) is 5. The summed E-state index contributed by atoms with van der Waals surface area (Å²) in [6.07, 6.45) is 4.31. The van der Waals surface area contributed by atoms with Gasteiger partial charge in [0, 0.05) is 52.2 Å². The molecule has 7 heteroatoms. The lowest BCUT2D eigenvalue weighted by atomic mass is 10.0. The van der Waals surface area contributed by atoms with Gasteiger partial charge in [0.15, 0.2) is 5.82 Å². The van der Waals surface area contributed by atoms with Crippen molar-refractivity contribution in [3.8, 4) is 28.3 Å². The minimum absolute atomic E-state index is 0.119. The number of phenolic OH excluding ortho intramolecular Hbond substituents is 1. The van der Waals surface area contributed by atoms with Crippen molar-refractivity contribution in [2.45, 2.75) is 6.42 Å². The highest BCUT2D eigenvalue weighted by Gasteiger charge is 2.25. The van der Waals surface area contributed by atoms with E-state index in [1.807, 2.05) is 48.5 Å². The van der Waals surface area contributed by atoms with Gasteiger partial charge in [-0.05, 0) is 72.1 Å². The molecule has 0 radical (unpaired) electrons. The number of pyridine rings is 1. The highest BCUT2D eigenvalue weighted by Crippen LogP contribution is 2.40. The maximum atomic E-state index is 13.5. The summed E-state index contributed by atoms with van der Waals surface area (Å²) in [6, 6.07) is 19.4. The van der Waals surface area contributed by atoms with Gasteiger partial charge in [-0.25, -0.2) is 14.4 Å². The van der Waals surface area contributed by atoms with Gasteiger partial charge in [-0.1, -0.05) is 17.7 Å². The molecule has 1 N–H and O–H groups in total. The number of halogens is 2. The SMILES string of the molecule is Oc1cc(F)ccc1-c1ccc2c(N3CCc4cc(Cl)ccc43)nc(-c3cccnc3)nc2c1. The molecular formula is C27H18ClFN4O. The molecule has 0 amide bonds. The fourth-order valence-electron chi connectivity index (χ4n) is 4.45. The van der Waals surface area contributed by atoms with Gasteiger partial charge in [0.25, 0.3) is 0 Å². The Hall–Kier alpha value is -4.03. The lowest BCUT2D eigenvalue weighted by Gasteiger charge is -2.21. The minimum atomic E-state index is -0.488. The van der Waals surface area contributed by atoms with Gasteiger partial charge in [0.05, 0.1) is 5.52 Å². The standard InChI is InChI=1S/C27H18ClFN4O/c28-19-4-8-24-17(12-19)9-11-33(24)27-22-6-3-16(21-7-5-20(29)14-25(21)34)13-23(22)31-26(32-27)18-2-1-10-30-15-18/h1-8,10,12-15,34H,9,11H2. The maximum absolute atomic E-state index is 13.5. The molecular weight excluding hydrogens is 451 g/mol. The van der Waals surface area contributed by atoms with Crippen molar-refractivity contribution in [2.24, 2.45) is 0 Å². The zero-order chi connectivity index (χ0) is 23.2. The van der Waals surface area contributed by atoms with Gasteiger partial charge in [0.1, 0.15) is 17.4 Å². The zero-order valence-corrected chi connectivity index (χ0v) is 18.7. The van der Waals surface area contributed by atoms with E-state index in [4.69, 9.17) is 21.6 Å². The van der Waals surface area contributed by atoms with Crippen molar-refractivity contribution in [3.05, 3.63) is 95.5 Å². The third-order valence-electron chi connectivity index (χ3n) is 6.06. The van der Waals surface area contributed by atoms with Gasteiger partial charge < -0.3 is 10.0 Å². The predicted molar refractivity (Wildman–Crippen MR) is 132 cm³/mol. The average Bonchev–Trinajstić information content (AvgIpc) is 3.26. The van der Waals surface area contributed by atoms with Gasteiger partial charge in [-0.15, -0.1) is 0 Å². The number of phenols is 1. The third-order valence-corrected chi connectivity index (χ3v) is 6.30. The molecule has 0 spiro atoms. The summed E-state index contributed by atoms with van der Waals surface area (Å²) in [6.45, 7) is 0.773. The Morgan fingerprint density at radius 1 is 0.941 bits per heavy atom. The fraction of sp³-hybridized carbons (Fsp3) is 0.0741. The molecule has 34 heavy (non-hydrogen) atoms. The molecule has 3 heterocycles. The number of fused-ring (bicyclic) bond motifs is 2. The number of nitrogens with zero attached hydrogens (tertiary/aromatic N) is 4. The van der Waals surface area contributed by atoms with Gasteiger partial charge in [0.2, 0.25) is 0 Å². The van der Waals surface area contributed by atoms with Crippen LogP contribution in [0.5, 0.6) is 5.75 Å². The summed E-state index contributed by atoms with van der Waals surface area (Å²) in [5, 5.41) is 11.9. The number of hydrogen-bond donors (Lipinski definition) is 1. The van der Waals surface area contributed by atoms with E-state index in [-0.39, 0.29) is 5.75 Å². The van der Waals surface area contributed by atoms with E-state index < -0.39 is 5.82 Å². The lowest BCUT2D eigenvalue weighted by molar-refractivity contribution is 0.471. The molecule has 0 saturated carbocycles. The molecule has 0 fully saturated rings. The number of rotatable bonds is 3. The van der Waals surface area contributed by atoms with Crippen LogP contribution in [0.15, 0.2) is 79.1 Å². The zero-order valence-electron chi connectivity index (χ0n) is 17.9. The van der Waals surface area contributed by atoms with Crippen LogP contribution in [0.2, 0.25) is 5.02 Å². The van der Waals surface area contributed by atoms with E-state index >= 15 is 0 Å². The summed E-state index contributed by atoms with van der Waals surface area (Å²) < 4.78 is 13.5. The van der Waals surface area contributed by atoms with E-state index in [0.717, 1.165) is 47.1 Å². The van der Waals surface area contributed by atoms with Crippen LogP contribution < -0.4 is 4.90 Å². The molecule has 6 rings (SSSR count). The Labute approximate surface area is 200 Å².